The Morgan fingerprint density at radius 2 is 1.85 bits per heavy atom. The van der Waals surface area contributed by atoms with Gasteiger partial charge in [0.25, 0.3) is 0 Å². The lowest BCUT2D eigenvalue weighted by Gasteiger charge is -2.03. The molecule has 0 aliphatic rings. The molecule has 1 N–H and O–H groups in total. The van der Waals surface area contributed by atoms with Crippen molar-refractivity contribution in [3.05, 3.63) is 59.5 Å². The van der Waals surface area contributed by atoms with Gasteiger partial charge in [-0.05, 0) is 42.8 Å². The minimum absolute atomic E-state index is 0.258. The SMILES string of the molecule is Cc1c(F)cccc1-c1cc2nc(-c3cc(C(F)(F)F)nn3C)ccc2[nH]1. The average molecular weight is 374 g/mol. The smallest absolute Gasteiger partial charge is 0.353 e. The van der Waals surface area contributed by atoms with Crippen LogP contribution in [0.5, 0.6) is 0 Å². The van der Waals surface area contributed by atoms with Crippen molar-refractivity contribution >= 4 is 11.0 Å². The first-order chi connectivity index (χ1) is 12.7. The fraction of sp³-hybridized carbons (Fsp3) is 0.158. The van der Waals surface area contributed by atoms with Crippen molar-refractivity contribution < 1.29 is 17.6 Å². The third-order valence-corrected chi connectivity index (χ3v) is 4.47. The monoisotopic (exact) mass is 374 g/mol. The molecule has 0 bridgehead atoms. The second-order valence-electron chi connectivity index (χ2n) is 6.26. The highest BCUT2D eigenvalue weighted by atomic mass is 19.4. The zero-order valence-electron chi connectivity index (χ0n) is 14.4. The molecule has 0 unspecified atom stereocenters. The van der Waals surface area contributed by atoms with Gasteiger partial charge in [0.1, 0.15) is 5.82 Å². The number of hydrogen-bond acceptors (Lipinski definition) is 2. The third kappa shape index (κ3) is 2.97. The Labute approximate surface area is 151 Å². The average Bonchev–Trinajstić information content (AvgIpc) is 3.19. The minimum atomic E-state index is -4.52. The normalized spacial score (nSPS) is 12.1. The summed E-state index contributed by atoms with van der Waals surface area (Å²) in [5.41, 5.74) is 2.83. The number of rotatable bonds is 2. The molecule has 0 radical (unpaired) electrons. The number of nitrogens with zero attached hydrogens (tertiary/aromatic N) is 3. The summed E-state index contributed by atoms with van der Waals surface area (Å²) in [5.74, 6) is -0.311. The first-order valence-corrected chi connectivity index (χ1v) is 8.11. The molecule has 0 atom stereocenters. The van der Waals surface area contributed by atoms with E-state index in [1.807, 2.05) is 0 Å². The first kappa shape index (κ1) is 17.3. The number of benzene rings is 1. The van der Waals surface area contributed by atoms with Crippen LogP contribution in [0.25, 0.3) is 33.7 Å². The second-order valence-corrected chi connectivity index (χ2v) is 6.26. The summed E-state index contributed by atoms with van der Waals surface area (Å²) in [5, 5.41) is 3.51. The number of aromatic amines is 1. The lowest BCUT2D eigenvalue weighted by molar-refractivity contribution is -0.141. The molecule has 0 amide bonds. The van der Waals surface area contributed by atoms with Gasteiger partial charge in [0.2, 0.25) is 0 Å². The number of halogens is 4. The van der Waals surface area contributed by atoms with Crippen molar-refractivity contribution in [1.82, 2.24) is 19.7 Å². The van der Waals surface area contributed by atoms with E-state index in [1.165, 1.54) is 13.1 Å². The van der Waals surface area contributed by atoms with E-state index in [-0.39, 0.29) is 11.5 Å². The van der Waals surface area contributed by atoms with Crippen molar-refractivity contribution in [2.45, 2.75) is 13.1 Å². The van der Waals surface area contributed by atoms with Crippen LogP contribution < -0.4 is 0 Å². The summed E-state index contributed by atoms with van der Waals surface area (Å²) in [6, 6.07) is 10.9. The van der Waals surface area contributed by atoms with Gasteiger partial charge in [-0.2, -0.15) is 18.3 Å². The summed E-state index contributed by atoms with van der Waals surface area (Å²) in [4.78, 5) is 7.62. The lowest BCUT2D eigenvalue weighted by atomic mass is 10.1. The van der Waals surface area contributed by atoms with Gasteiger partial charge in [-0.15, -0.1) is 0 Å². The Hall–Kier alpha value is -3.16. The molecular weight excluding hydrogens is 360 g/mol. The molecule has 0 saturated heterocycles. The highest BCUT2D eigenvalue weighted by molar-refractivity contribution is 5.85. The van der Waals surface area contributed by atoms with E-state index in [1.54, 1.807) is 37.3 Å². The summed E-state index contributed by atoms with van der Waals surface area (Å²) in [7, 11) is 1.44. The fourth-order valence-corrected chi connectivity index (χ4v) is 3.04. The predicted molar refractivity (Wildman–Crippen MR) is 93.4 cm³/mol. The Balaban J connectivity index is 1.80. The zero-order valence-corrected chi connectivity index (χ0v) is 14.4. The maximum atomic E-state index is 13.8. The molecule has 27 heavy (non-hydrogen) atoms. The topological polar surface area (TPSA) is 46.5 Å². The summed E-state index contributed by atoms with van der Waals surface area (Å²) >= 11 is 0. The molecule has 138 valence electrons. The highest BCUT2D eigenvalue weighted by Gasteiger charge is 2.34. The summed E-state index contributed by atoms with van der Waals surface area (Å²) in [6.45, 7) is 1.68. The largest absolute Gasteiger partial charge is 0.435 e. The highest BCUT2D eigenvalue weighted by Crippen LogP contribution is 2.32. The molecule has 3 heterocycles. The summed E-state index contributed by atoms with van der Waals surface area (Å²) in [6.07, 6.45) is -4.52. The van der Waals surface area contributed by atoms with Crippen LogP contribution in [-0.4, -0.2) is 19.7 Å². The van der Waals surface area contributed by atoms with E-state index in [4.69, 9.17) is 0 Å². The number of pyridine rings is 1. The Bertz CT molecular complexity index is 1150. The molecule has 4 nitrogen and oxygen atoms in total. The number of alkyl halides is 3. The third-order valence-electron chi connectivity index (χ3n) is 4.47. The van der Waals surface area contributed by atoms with E-state index in [2.05, 4.69) is 15.1 Å². The van der Waals surface area contributed by atoms with Crippen molar-refractivity contribution in [1.29, 1.82) is 0 Å². The number of aryl methyl sites for hydroxylation is 1. The van der Waals surface area contributed by atoms with Gasteiger partial charge in [0, 0.05) is 18.3 Å². The van der Waals surface area contributed by atoms with E-state index < -0.39 is 11.9 Å². The Morgan fingerprint density at radius 1 is 1.07 bits per heavy atom. The number of nitrogens with one attached hydrogen (secondary N) is 1. The van der Waals surface area contributed by atoms with Crippen LogP contribution in [0.15, 0.2) is 42.5 Å². The molecule has 0 spiro atoms. The maximum Gasteiger partial charge on any atom is 0.435 e. The molecule has 0 aliphatic heterocycles. The molecule has 0 saturated carbocycles. The van der Waals surface area contributed by atoms with Gasteiger partial charge in [0.05, 0.1) is 22.4 Å². The van der Waals surface area contributed by atoms with Crippen molar-refractivity contribution in [2.75, 3.05) is 0 Å². The van der Waals surface area contributed by atoms with E-state index in [0.29, 0.717) is 33.5 Å². The molecule has 8 heteroatoms. The molecular formula is C19H14F4N4. The molecule has 0 aliphatic carbocycles. The van der Waals surface area contributed by atoms with Crippen LogP contribution in [0.4, 0.5) is 17.6 Å². The number of aromatic nitrogens is 4. The molecule has 4 aromatic rings. The minimum Gasteiger partial charge on any atom is -0.353 e. The van der Waals surface area contributed by atoms with Gasteiger partial charge in [0.15, 0.2) is 5.69 Å². The van der Waals surface area contributed by atoms with Gasteiger partial charge < -0.3 is 4.98 Å². The molecule has 3 aromatic heterocycles. The Morgan fingerprint density at radius 3 is 2.56 bits per heavy atom. The van der Waals surface area contributed by atoms with Gasteiger partial charge >= 0.3 is 6.18 Å². The van der Waals surface area contributed by atoms with Crippen molar-refractivity contribution in [3.63, 3.8) is 0 Å². The Kier molecular flexibility index (Phi) is 3.80. The van der Waals surface area contributed by atoms with Crippen LogP contribution in [0.3, 0.4) is 0 Å². The zero-order chi connectivity index (χ0) is 19.3. The van der Waals surface area contributed by atoms with Crippen LogP contribution in [0, 0.1) is 12.7 Å². The van der Waals surface area contributed by atoms with Crippen molar-refractivity contribution in [2.24, 2.45) is 7.05 Å². The maximum absolute atomic E-state index is 13.8. The standard InChI is InChI=1S/C19H14F4N4/c1-10-11(4-3-5-12(10)20)15-8-16-13(24-15)6-7-14(25-16)17-9-18(19(21,22)23)26-27(17)2/h3-9,24H,1-2H3. The first-order valence-electron chi connectivity index (χ1n) is 8.11. The predicted octanol–water partition coefficient (Wildman–Crippen LogP) is 5.10. The molecule has 0 fully saturated rings. The summed E-state index contributed by atoms with van der Waals surface area (Å²) < 4.78 is 53.6. The van der Waals surface area contributed by atoms with Gasteiger partial charge in [-0.3, -0.25) is 4.68 Å². The lowest BCUT2D eigenvalue weighted by Crippen LogP contribution is -2.06. The van der Waals surface area contributed by atoms with Crippen molar-refractivity contribution in [3.8, 4) is 22.6 Å². The van der Waals surface area contributed by atoms with Gasteiger partial charge in [-0.1, -0.05) is 12.1 Å². The fourth-order valence-electron chi connectivity index (χ4n) is 3.04. The van der Waals surface area contributed by atoms with Gasteiger partial charge in [-0.25, -0.2) is 9.37 Å². The molecule has 4 rings (SSSR count). The van der Waals surface area contributed by atoms with Crippen LogP contribution >= 0.6 is 0 Å². The van der Waals surface area contributed by atoms with E-state index in [0.717, 1.165) is 10.7 Å². The quantitative estimate of drug-likeness (QED) is 0.497. The van der Waals surface area contributed by atoms with Crippen LogP contribution in [0.2, 0.25) is 0 Å². The van der Waals surface area contributed by atoms with Crippen LogP contribution in [0.1, 0.15) is 11.3 Å². The number of fused-ring (bicyclic) bond motifs is 1. The van der Waals surface area contributed by atoms with E-state index in [9.17, 15) is 17.6 Å². The van der Waals surface area contributed by atoms with Crippen LogP contribution in [-0.2, 0) is 13.2 Å². The van der Waals surface area contributed by atoms with E-state index >= 15 is 0 Å². The molecule has 1 aromatic carbocycles. The second kappa shape index (κ2) is 5.94. The number of hydrogen-bond donors (Lipinski definition) is 1. The number of H-pyrrole nitrogens is 1.